The summed E-state index contributed by atoms with van der Waals surface area (Å²) < 4.78 is 41.6. The Morgan fingerprint density at radius 3 is 1.05 bits per heavy atom. The molecule has 28 nitrogen and oxygen atoms in total. The average molecular weight is 1650 g/mol. The zero-order valence-corrected chi connectivity index (χ0v) is 68.2. The molecule has 634 valence electrons. The zero-order valence-electron chi connectivity index (χ0n) is 68.2. The predicted molar refractivity (Wildman–Crippen MR) is 464 cm³/mol. The van der Waals surface area contributed by atoms with E-state index in [2.05, 4.69) is 33.1 Å². The van der Waals surface area contributed by atoms with Gasteiger partial charge in [-0.25, -0.2) is 19.6 Å². The molecule has 120 heavy (non-hydrogen) atoms. The monoisotopic (exact) mass is 1640 g/mol. The molecule has 8 N–H and O–H groups in total. The van der Waals surface area contributed by atoms with Gasteiger partial charge in [-0.2, -0.15) is 0 Å². The topological polar surface area (TPSA) is 406 Å². The summed E-state index contributed by atoms with van der Waals surface area (Å²) in [5.74, 6) is -6.68. The van der Waals surface area contributed by atoms with Crippen molar-refractivity contribution in [1.82, 2.24) is 39.9 Å². The number of hydrogen-bond donors (Lipinski definition) is 8. The van der Waals surface area contributed by atoms with Crippen molar-refractivity contribution in [1.29, 1.82) is 0 Å². The van der Waals surface area contributed by atoms with Crippen LogP contribution in [-0.4, -0.2) is 206 Å². The number of hydrogen-bond acceptors (Lipinski definition) is 24. The van der Waals surface area contributed by atoms with Gasteiger partial charge in [-0.15, -0.1) is 0 Å². The third-order valence-corrected chi connectivity index (χ3v) is 22.4. The average Bonchev–Trinajstić information content (AvgIpc) is 1.55. The molecule has 4 atom stereocenters. The number of nitrogens with one attached hydrogen (secondary N) is 4. The SMILES string of the molecule is C.C.C=Cc1c(C)c2cc3nc(cc4[nH]c(cc5nc(cc1[nH]2)C(C)=C5CCC(=O)OCCO)c(CCC(=O)OCCO)c4C)C1(C)C3=CC=C(C(=O)OC)C1C(=O)OC.C=Cc1c(C)c2cc3nc(cc4[nH]c(cc5nc(cc1[nH]2)C1(C)C5=CC=C(C(=O)OC)C1C(=O)OC)c(C)c4CCC(=O)OCCO)C(CCC(=O)OCCO)=C3C.[2HH].[2HH].[B].[B]. The predicted octanol–water partition coefficient (Wildman–Crippen LogP) is 12.1. The molecule has 6 aliphatic rings. The van der Waals surface area contributed by atoms with Gasteiger partial charge in [0, 0.05) is 101 Å². The fourth-order valence-electron chi connectivity index (χ4n) is 16.1. The van der Waals surface area contributed by atoms with Gasteiger partial charge in [-0.05, 0) is 196 Å². The maximum atomic E-state index is 13.8. The first-order valence-electron chi connectivity index (χ1n) is 38.0. The van der Waals surface area contributed by atoms with Crippen molar-refractivity contribution in [3.8, 4) is 0 Å². The van der Waals surface area contributed by atoms with Crippen LogP contribution in [0.3, 0.4) is 0 Å². The molecule has 6 radical (unpaired) electrons. The highest BCUT2D eigenvalue weighted by atomic mass is 16.6. The van der Waals surface area contributed by atoms with Gasteiger partial charge >= 0.3 is 47.8 Å². The summed E-state index contributed by atoms with van der Waals surface area (Å²) in [7, 11) is 5.07. The van der Waals surface area contributed by atoms with Gasteiger partial charge in [0.15, 0.2) is 0 Å². The number of fused-ring (bicyclic) bond motifs is 22. The number of H-pyrrole nitrogens is 4. The van der Waals surface area contributed by atoms with Gasteiger partial charge in [0.2, 0.25) is 0 Å². The number of aryl methyl sites for hydroxylation is 6. The molecule has 0 amide bonds. The number of carbonyl (C=O) groups excluding carboxylic acids is 8. The van der Waals surface area contributed by atoms with Crippen LogP contribution in [0.25, 0.3) is 89.7 Å². The van der Waals surface area contributed by atoms with Crippen LogP contribution in [0.1, 0.15) is 174 Å². The number of aliphatic hydroxyl groups is 4. The Morgan fingerprint density at radius 2 is 0.708 bits per heavy atom. The van der Waals surface area contributed by atoms with E-state index in [0.717, 1.165) is 83.4 Å². The first kappa shape index (κ1) is 95.0. The van der Waals surface area contributed by atoms with E-state index >= 15 is 0 Å². The van der Waals surface area contributed by atoms with Crippen LogP contribution >= 0.6 is 0 Å². The second-order valence-corrected chi connectivity index (χ2v) is 28.9. The fourth-order valence-corrected chi connectivity index (χ4v) is 16.1. The summed E-state index contributed by atoms with van der Waals surface area (Å²) in [6, 6.07) is 15.1. The number of ether oxygens (including phenoxy) is 8. The number of rotatable bonds is 26. The van der Waals surface area contributed by atoms with Crippen LogP contribution in [0.2, 0.25) is 0 Å². The highest BCUT2D eigenvalue weighted by molar-refractivity contribution is 6.04. The Hall–Kier alpha value is -12.1. The van der Waals surface area contributed by atoms with Crippen molar-refractivity contribution < 1.29 is 99.5 Å². The third kappa shape index (κ3) is 18.7. The molecule has 0 saturated carbocycles. The van der Waals surface area contributed by atoms with Crippen molar-refractivity contribution in [3.05, 3.63) is 187 Å². The minimum Gasteiger partial charge on any atom is -0.469 e. The molecule has 4 aliphatic heterocycles. The number of allylic oxidation sites excluding steroid dienone is 10. The van der Waals surface area contributed by atoms with Crippen molar-refractivity contribution >= 4 is 154 Å². The van der Waals surface area contributed by atoms with E-state index in [1.165, 1.54) is 28.4 Å². The Bertz CT molecular complexity index is 5650. The zero-order chi connectivity index (χ0) is 83.8. The summed E-state index contributed by atoms with van der Waals surface area (Å²) in [6.45, 7) is 22.0. The lowest BCUT2D eigenvalue weighted by molar-refractivity contribution is -0.149. The number of aliphatic hydroxyl groups excluding tert-OH is 4. The Kier molecular flexibility index (Phi) is 32.1. The molecular formula is C90H108B2N8O20. The standard InChI is InChI=1S/2C44H48N4O10.2CH4.2B.2H2/c1-8-26-23(2)32-20-37-30-12-9-29(42(53)55-6)41(43(54)56-7)44(30,5)38(48-37)22-33-25(4)28(11-14-40(52)58-18-16-50)36(47-33)21-35-27(10-13-39(51)57-17-15-49)24(3)31(46-35)19-34(26)45-32;1-8-26-23(2)31-19-32-24(3)27(10-13-39(51)57-17-15-49)34(45-32)21-35-28(11-14-40(52)58-18-16-50)25(4)33(46-35)20-37-30-12-9-29(42(53)55-6)41(43(54)56-7)44(30,5)38(48-37)22-36(26)47-31;;;;;;/h8-9,12,19-22,41,45,47,49-50H,1,10-11,13-18H2,2-7H3;8-9,12,19-22,41,46-47,49-50H,1,10-11,13-18H2,2-7H3;2*1H4;;;2*1H/i;;;;;;2*1+1. The molecule has 0 aromatic carbocycles. The van der Waals surface area contributed by atoms with E-state index in [-0.39, 0.29) is 137 Å². The van der Waals surface area contributed by atoms with Crippen LogP contribution in [-0.2, 0) is 99.9 Å². The van der Waals surface area contributed by atoms with Crippen molar-refractivity contribution in [2.24, 2.45) is 11.8 Å². The van der Waals surface area contributed by atoms with E-state index in [4.69, 9.17) is 57.8 Å². The van der Waals surface area contributed by atoms with Crippen LogP contribution in [0.15, 0.2) is 97.1 Å². The molecule has 10 heterocycles. The first-order valence-corrected chi connectivity index (χ1v) is 38.0. The number of aromatic amines is 4. The van der Waals surface area contributed by atoms with Gasteiger partial charge in [0.1, 0.15) is 38.3 Å². The second kappa shape index (κ2) is 40.6. The van der Waals surface area contributed by atoms with Crippen LogP contribution in [0, 0.1) is 39.5 Å². The Labute approximate surface area is 703 Å². The van der Waals surface area contributed by atoms with E-state index in [0.29, 0.717) is 97.1 Å². The lowest BCUT2D eigenvalue weighted by atomic mass is 9.64. The first-order chi connectivity index (χ1) is 55.6. The molecule has 0 fully saturated rings. The smallest absolute Gasteiger partial charge is 0.334 e. The van der Waals surface area contributed by atoms with E-state index in [9.17, 15) is 58.8 Å². The van der Waals surface area contributed by atoms with E-state index in [1.807, 2.05) is 104 Å². The molecule has 6 aromatic heterocycles. The molecule has 30 heteroatoms. The van der Waals surface area contributed by atoms with Gasteiger partial charge in [0.05, 0.1) is 122 Å². The molecule has 16 bridgehead atoms. The number of aromatic nitrogens is 8. The Morgan fingerprint density at radius 1 is 0.408 bits per heavy atom. The lowest BCUT2D eigenvalue weighted by Gasteiger charge is -2.36. The molecule has 0 spiro atoms. The van der Waals surface area contributed by atoms with Gasteiger partial charge in [-0.3, -0.25) is 38.7 Å². The fraction of sp³-hybridized carbons (Fsp3) is 0.378. The van der Waals surface area contributed by atoms with E-state index < -0.39 is 70.4 Å². The third-order valence-electron chi connectivity index (χ3n) is 22.4. The van der Waals surface area contributed by atoms with Crippen LogP contribution in [0.5, 0.6) is 0 Å². The van der Waals surface area contributed by atoms with Gasteiger partial charge in [-0.1, -0.05) is 64.5 Å². The van der Waals surface area contributed by atoms with Crippen molar-refractivity contribution in [3.63, 3.8) is 0 Å². The number of esters is 8. The minimum absolute atomic E-state index is 0. The maximum Gasteiger partial charge on any atom is 0.334 e. The van der Waals surface area contributed by atoms with Crippen molar-refractivity contribution in [2.75, 3.05) is 81.3 Å². The van der Waals surface area contributed by atoms with Crippen LogP contribution < -0.4 is 0 Å². The largest absolute Gasteiger partial charge is 0.469 e. The van der Waals surface area contributed by atoms with Gasteiger partial charge < -0.3 is 78.3 Å². The quantitative estimate of drug-likeness (QED) is 0.0142. The minimum atomic E-state index is -1.20. The number of carbonyl (C=O) groups is 8. The summed E-state index contributed by atoms with van der Waals surface area (Å²) >= 11 is 0. The molecule has 0 saturated heterocycles. The molecule has 2 aliphatic carbocycles. The summed E-state index contributed by atoms with van der Waals surface area (Å²) in [5, 5.41) is 36.8. The molecule has 12 rings (SSSR count). The molecule has 6 aromatic rings. The second-order valence-electron chi connectivity index (χ2n) is 28.9. The highest BCUT2D eigenvalue weighted by Gasteiger charge is 2.55. The van der Waals surface area contributed by atoms with E-state index in [1.54, 1.807) is 36.5 Å². The summed E-state index contributed by atoms with van der Waals surface area (Å²) in [6.07, 6.45) is 11.6. The highest BCUT2D eigenvalue weighted by Crippen LogP contribution is 2.55. The molecular weight excluding hydrogens is 1530 g/mol. The maximum absolute atomic E-state index is 13.8. The summed E-state index contributed by atoms with van der Waals surface area (Å²) in [4.78, 5) is 139. The van der Waals surface area contributed by atoms with Gasteiger partial charge in [0.25, 0.3) is 0 Å². The van der Waals surface area contributed by atoms with Crippen LogP contribution in [0.4, 0.5) is 0 Å². The van der Waals surface area contributed by atoms with Crippen molar-refractivity contribution in [2.45, 2.75) is 132 Å². The molecule has 4 unspecified atom stereocenters. The normalized spacial score (nSPS) is 16.6. The number of nitrogens with zero attached hydrogens (tertiary/aromatic N) is 4. The lowest BCUT2D eigenvalue weighted by Crippen LogP contribution is -2.42. The number of methoxy groups -OCH3 is 4. The summed E-state index contributed by atoms with van der Waals surface area (Å²) in [5.41, 5.74) is 19.3. The Balaban J connectivity index is 0.000000413.